The molecule has 0 atom stereocenters. The van der Waals surface area contributed by atoms with E-state index in [4.69, 9.17) is 11.6 Å². The van der Waals surface area contributed by atoms with Crippen molar-refractivity contribution in [2.24, 2.45) is 0 Å². The zero-order valence-corrected chi connectivity index (χ0v) is 15.9. The molecule has 6 nitrogen and oxygen atoms in total. The first kappa shape index (κ1) is 18.7. The van der Waals surface area contributed by atoms with Gasteiger partial charge in [0.2, 0.25) is 0 Å². The largest absolute Gasteiger partial charge is 0.506 e. The molecule has 2 N–H and O–H groups in total. The van der Waals surface area contributed by atoms with Gasteiger partial charge in [0, 0.05) is 17.8 Å². The Morgan fingerprint density at radius 2 is 1.76 bits per heavy atom. The highest BCUT2D eigenvalue weighted by molar-refractivity contribution is 6.30. The van der Waals surface area contributed by atoms with Gasteiger partial charge < -0.3 is 10.4 Å². The Kier molecular flexibility index (Phi) is 5.01. The summed E-state index contributed by atoms with van der Waals surface area (Å²) in [4.78, 5) is 30.2. The quantitative estimate of drug-likeness (QED) is 0.542. The van der Waals surface area contributed by atoms with Gasteiger partial charge in [-0.25, -0.2) is 4.98 Å². The number of para-hydroxylation sites is 1. The topological polar surface area (TPSA) is 84.2 Å². The van der Waals surface area contributed by atoms with Gasteiger partial charge in [0.1, 0.15) is 11.3 Å². The number of amides is 1. The van der Waals surface area contributed by atoms with Crippen LogP contribution in [0.5, 0.6) is 5.75 Å². The first-order valence-electron chi connectivity index (χ1n) is 8.87. The van der Waals surface area contributed by atoms with Crippen LogP contribution in [0.15, 0.2) is 77.7 Å². The minimum Gasteiger partial charge on any atom is -0.506 e. The molecular weight excluding hydrogens is 390 g/mol. The molecular formula is C22H16ClN3O3. The van der Waals surface area contributed by atoms with E-state index in [1.54, 1.807) is 60.7 Å². The van der Waals surface area contributed by atoms with Crippen LogP contribution in [0.25, 0.3) is 16.7 Å². The summed E-state index contributed by atoms with van der Waals surface area (Å²) >= 11 is 5.87. The van der Waals surface area contributed by atoms with Gasteiger partial charge in [-0.05, 0) is 42.0 Å². The van der Waals surface area contributed by atoms with E-state index < -0.39 is 11.5 Å². The van der Waals surface area contributed by atoms with Gasteiger partial charge in [0.25, 0.3) is 11.5 Å². The van der Waals surface area contributed by atoms with Crippen LogP contribution in [0.2, 0.25) is 5.02 Å². The molecule has 2 aromatic carbocycles. The smallest absolute Gasteiger partial charge is 0.273 e. The number of benzene rings is 2. The number of carbonyl (C=O) groups is 1. The lowest BCUT2D eigenvalue weighted by molar-refractivity contribution is 0.0946. The van der Waals surface area contributed by atoms with E-state index in [-0.39, 0.29) is 23.5 Å². The normalized spacial score (nSPS) is 10.8. The van der Waals surface area contributed by atoms with Crippen molar-refractivity contribution in [1.29, 1.82) is 0 Å². The van der Waals surface area contributed by atoms with E-state index in [9.17, 15) is 14.7 Å². The monoisotopic (exact) mass is 405 g/mol. The summed E-state index contributed by atoms with van der Waals surface area (Å²) in [5.74, 6) is -1.06. The van der Waals surface area contributed by atoms with Crippen LogP contribution >= 0.6 is 11.6 Å². The summed E-state index contributed by atoms with van der Waals surface area (Å²) in [5, 5.41) is 14.3. The van der Waals surface area contributed by atoms with Crippen LogP contribution in [0.4, 0.5) is 0 Å². The number of fused-ring (bicyclic) bond motifs is 1. The molecule has 4 rings (SSSR count). The number of rotatable bonds is 4. The summed E-state index contributed by atoms with van der Waals surface area (Å²) in [5.41, 5.74) is 0.660. The lowest BCUT2D eigenvalue weighted by Gasteiger charge is -2.14. The summed E-state index contributed by atoms with van der Waals surface area (Å²) in [7, 11) is 0. The van der Waals surface area contributed by atoms with E-state index in [0.29, 0.717) is 16.1 Å². The highest BCUT2D eigenvalue weighted by Gasteiger charge is 2.23. The Bertz CT molecular complexity index is 1250. The first-order valence-corrected chi connectivity index (χ1v) is 9.25. The van der Waals surface area contributed by atoms with Crippen LogP contribution in [0.3, 0.4) is 0 Å². The molecule has 4 aromatic rings. The maximum Gasteiger partial charge on any atom is 0.273 e. The van der Waals surface area contributed by atoms with Gasteiger partial charge >= 0.3 is 0 Å². The third-order valence-corrected chi connectivity index (χ3v) is 4.77. The third-order valence-electron chi connectivity index (χ3n) is 4.52. The Morgan fingerprint density at radius 3 is 2.48 bits per heavy atom. The Balaban J connectivity index is 1.81. The summed E-state index contributed by atoms with van der Waals surface area (Å²) < 4.78 is 1.33. The SMILES string of the molecule is O=C(NCc1ccc(Cl)cc1)c1c(O)c2cccnc2n(-c2ccccc2)c1=O. The molecule has 0 saturated heterocycles. The Morgan fingerprint density at radius 1 is 1.03 bits per heavy atom. The zero-order valence-electron chi connectivity index (χ0n) is 15.2. The predicted molar refractivity (Wildman–Crippen MR) is 112 cm³/mol. The third kappa shape index (κ3) is 3.58. The zero-order chi connectivity index (χ0) is 20.4. The van der Waals surface area contributed by atoms with Crippen molar-refractivity contribution in [1.82, 2.24) is 14.9 Å². The fourth-order valence-corrected chi connectivity index (χ4v) is 3.22. The number of hydrogen-bond donors (Lipinski definition) is 2. The summed E-state index contributed by atoms with van der Waals surface area (Å²) in [6.45, 7) is 0.186. The van der Waals surface area contributed by atoms with Gasteiger partial charge in [0.15, 0.2) is 5.65 Å². The molecule has 0 aliphatic heterocycles. The average molecular weight is 406 g/mol. The Labute approximate surface area is 171 Å². The molecule has 0 spiro atoms. The molecule has 0 fully saturated rings. The maximum absolute atomic E-state index is 13.2. The summed E-state index contributed by atoms with van der Waals surface area (Å²) in [6.07, 6.45) is 1.53. The van der Waals surface area contributed by atoms with Crippen molar-refractivity contribution in [3.05, 3.63) is 99.4 Å². The average Bonchev–Trinajstić information content (AvgIpc) is 2.74. The number of halogens is 1. The molecule has 0 saturated carbocycles. The standard InChI is InChI=1S/C22H16ClN3O3/c23-15-10-8-14(9-11-15)13-25-21(28)18-19(27)17-7-4-12-24-20(17)26(22(18)29)16-5-2-1-3-6-16/h1-12,27H,13H2,(H,25,28). The van der Waals surface area contributed by atoms with Crippen LogP contribution in [-0.2, 0) is 6.54 Å². The van der Waals surface area contributed by atoms with Crippen molar-refractivity contribution in [2.45, 2.75) is 6.54 Å². The van der Waals surface area contributed by atoms with E-state index in [1.807, 2.05) is 6.07 Å². The number of nitrogens with one attached hydrogen (secondary N) is 1. The molecule has 2 heterocycles. The van der Waals surface area contributed by atoms with Crippen molar-refractivity contribution in [3.63, 3.8) is 0 Å². The second-order valence-corrected chi connectivity index (χ2v) is 6.82. The van der Waals surface area contributed by atoms with E-state index in [1.165, 1.54) is 10.8 Å². The molecule has 0 radical (unpaired) electrons. The first-order chi connectivity index (χ1) is 14.1. The molecule has 144 valence electrons. The number of pyridine rings is 2. The van der Waals surface area contributed by atoms with Crippen LogP contribution in [-0.4, -0.2) is 20.6 Å². The minimum atomic E-state index is -0.669. The molecule has 1 amide bonds. The van der Waals surface area contributed by atoms with E-state index >= 15 is 0 Å². The highest BCUT2D eigenvalue weighted by Crippen LogP contribution is 2.26. The van der Waals surface area contributed by atoms with Crippen LogP contribution in [0, 0.1) is 0 Å². The van der Waals surface area contributed by atoms with E-state index in [0.717, 1.165) is 5.56 Å². The van der Waals surface area contributed by atoms with Crippen molar-refractivity contribution in [2.75, 3.05) is 0 Å². The van der Waals surface area contributed by atoms with Gasteiger partial charge in [-0.2, -0.15) is 0 Å². The molecule has 2 aromatic heterocycles. The lowest BCUT2D eigenvalue weighted by Crippen LogP contribution is -2.33. The molecule has 0 aliphatic rings. The lowest BCUT2D eigenvalue weighted by atomic mass is 10.1. The maximum atomic E-state index is 13.2. The number of hydrogen-bond acceptors (Lipinski definition) is 4. The molecule has 0 unspecified atom stereocenters. The predicted octanol–water partition coefficient (Wildman–Crippen LogP) is 3.67. The van der Waals surface area contributed by atoms with Crippen molar-refractivity contribution in [3.8, 4) is 11.4 Å². The van der Waals surface area contributed by atoms with Crippen LogP contribution in [0.1, 0.15) is 15.9 Å². The second kappa shape index (κ2) is 7.77. The van der Waals surface area contributed by atoms with Crippen molar-refractivity contribution < 1.29 is 9.90 Å². The van der Waals surface area contributed by atoms with Gasteiger partial charge in [-0.15, -0.1) is 0 Å². The number of aromatic nitrogens is 2. The molecule has 7 heteroatoms. The number of aromatic hydroxyl groups is 1. The van der Waals surface area contributed by atoms with Gasteiger partial charge in [0.05, 0.1) is 11.1 Å². The fourth-order valence-electron chi connectivity index (χ4n) is 3.10. The Hall–Kier alpha value is -3.64. The van der Waals surface area contributed by atoms with Crippen LogP contribution < -0.4 is 10.9 Å². The fraction of sp³-hybridized carbons (Fsp3) is 0.0455. The molecule has 0 bridgehead atoms. The highest BCUT2D eigenvalue weighted by atomic mass is 35.5. The number of carbonyl (C=O) groups excluding carboxylic acids is 1. The summed E-state index contributed by atoms with van der Waals surface area (Å²) in [6, 6.07) is 19.1. The second-order valence-electron chi connectivity index (χ2n) is 6.38. The minimum absolute atomic E-state index is 0.186. The van der Waals surface area contributed by atoms with Gasteiger partial charge in [-0.1, -0.05) is 41.9 Å². The van der Waals surface area contributed by atoms with Gasteiger partial charge in [-0.3, -0.25) is 14.2 Å². The van der Waals surface area contributed by atoms with Crippen molar-refractivity contribution >= 4 is 28.5 Å². The number of nitrogens with zero attached hydrogens (tertiary/aromatic N) is 2. The van der Waals surface area contributed by atoms with E-state index in [2.05, 4.69) is 10.3 Å². The molecule has 29 heavy (non-hydrogen) atoms. The molecule has 0 aliphatic carbocycles.